The second-order valence-electron chi connectivity index (χ2n) is 7.70. The van der Waals surface area contributed by atoms with Gasteiger partial charge in [-0.3, -0.25) is 9.59 Å². The number of fused-ring (bicyclic) bond motifs is 1. The van der Waals surface area contributed by atoms with Gasteiger partial charge in [0.1, 0.15) is 0 Å². The monoisotopic (exact) mass is 410 g/mol. The van der Waals surface area contributed by atoms with Crippen molar-refractivity contribution in [3.63, 3.8) is 0 Å². The average Bonchev–Trinajstić information content (AvgIpc) is 3.16. The Hall–Kier alpha value is -2.41. The van der Waals surface area contributed by atoms with E-state index in [1.54, 1.807) is 5.01 Å². The van der Waals surface area contributed by atoms with E-state index >= 15 is 0 Å². The summed E-state index contributed by atoms with van der Waals surface area (Å²) < 4.78 is 1.85. The van der Waals surface area contributed by atoms with Crippen molar-refractivity contribution in [2.75, 3.05) is 5.01 Å². The maximum absolute atomic E-state index is 12.9. The SMILES string of the molecule is CCc1ccc(C2=C(C(C)=O)Sc3nnc(C4CCCCC4)n3N2C(C)=O)cc1. The molecule has 7 heteroatoms. The summed E-state index contributed by atoms with van der Waals surface area (Å²) in [7, 11) is 0. The third-order valence-electron chi connectivity index (χ3n) is 5.68. The zero-order chi connectivity index (χ0) is 20.5. The number of amides is 1. The largest absolute Gasteiger partial charge is 0.294 e. The number of rotatable bonds is 4. The van der Waals surface area contributed by atoms with E-state index in [0.717, 1.165) is 30.7 Å². The molecule has 0 bridgehead atoms. The van der Waals surface area contributed by atoms with Crippen LogP contribution in [0, 0.1) is 0 Å². The van der Waals surface area contributed by atoms with Crippen LogP contribution in [-0.2, 0) is 16.0 Å². The van der Waals surface area contributed by atoms with Crippen LogP contribution in [0.25, 0.3) is 5.70 Å². The lowest BCUT2D eigenvalue weighted by Crippen LogP contribution is -2.42. The third-order valence-corrected chi connectivity index (χ3v) is 6.80. The van der Waals surface area contributed by atoms with Crippen LogP contribution in [0.15, 0.2) is 34.3 Å². The van der Waals surface area contributed by atoms with E-state index in [4.69, 9.17) is 0 Å². The first kappa shape index (κ1) is 19.9. The summed E-state index contributed by atoms with van der Waals surface area (Å²) in [5.74, 6) is 0.878. The van der Waals surface area contributed by atoms with Gasteiger partial charge in [-0.15, -0.1) is 10.2 Å². The van der Waals surface area contributed by atoms with Gasteiger partial charge in [0, 0.05) is 18.4 Å². The van der Waals surface area contributed by atoms with E-state index in [1.165, 1.54) is 50.4 Å². The predicted octanol–water partition coefficient (Wildman–Crippen LogP) is 4.44. The van der Waals surface area contributed by atoms with Gasteiger partial charge in [0.2, 0.25) is 11.1 Å². The predicted molar refractivity (Wildman–Crippen MR) is 114 cm³/mol. The van der Waals surface area contributed by atoms with Crippen molar-refractivity contribution >= 4 is 29.1 Å². The van der Waals surface area contributed by atoms with Gasteiger partial charge in [-0.2, -0.15) is 0 Å². The maximum atomic E-state index is 12.9. The molecule has 0 N–H and O–H groups in total. The Morgan fingerprint density at radius 2 is 1.76 bits per heavy atom. The van der Waals surface area contributed by atoms with Crippen LogP contribution in [-0.4, -0.2) is 26.6 Å². The zero-order valence-corrected chi connectivity index (χ0v) is 18.0. The summed E-state index contributed by atoms with van der Waals surface area (Å²) in [6.45, 7) is 5.17. The van der Waals surface area contributed by atoms with Crippen LogP contribution < -0.4 is 5.01 Å². The summed E-state index contributed by atoms with van der Waals surface area (Å²) in [6, 6.07) is 8.08. The molecule has 2 aromatic rings. The molecule has 1 aromatic heterocycles. The van der Waals surface area contributed by atoms with Gasteiger partial charge in [-0.05, 0) is 43.5 Å². The van der Waals surface area contributed by atoms with Crippen LogP contribution in [0.2, 0.25) is 0 Å². The number of ketones is 1. The van der Waals surface area contributed by atoms with E-state index in [2.05, 4.69) is 17.1 Å². The first-order valence-corrected chi connectivity index (χ1v) is 11.1. The molecule has 1 amide bonds. The number of carbonyl (C=O) groups excluding carboxylic acids is 2. The summed E-state index contributed by atoms with van der Waals surface area (Å²) >= 11 is 1.31. The van der Waals surface area contributed by atoms with Crippen LogP contribution in [0.3, 0.4) is 0 Å². The molecular formula is C22H26N4O2S. The molecule has 2 aliphatic rings. The molecule has 0 spiro atoms. The van der Waals surface area contributed by atoms with Crippen molar-refractivity contribution in [1.29, 1.82) is 0 Å². The number of carbonyl (C=O) groups is 2. The fourth-order valence-electron chi connectivity index (χ4n) is 4.17. The van der Waals surface area contributed by atoms with Crippen molar-refractivity contribution in [3.05, 3.63) is 46.1 Å². The van der Waals surface area contributed by atoms with Crippen molar-refractivity contribution in [3.8, 4) is 0 Å². The van der Waals surface area contributed by atoms with E-state index in [9.17, 15) is 9.59 Å². The zero-order valence-electron chi connectivity index (χ0n) is 17.1. The van der Waals surface area contributed by atoms with Crippen molar-refractivity contribution in [2.45, 2.75) is 70.4 Å². The summed E-state index contributed by atoms with van der Waals surface area (Å²) in [5, 5.41) is 11.0. The molecule has 0 atom stereocenters. The Balaban J connectivity index is 1.87. The lowest BCUT2D eigenvalue weighted by Gasteiger charge is -2.34. The van der Waals surface area contributed by atoms with Crippen LogP contribution in [0.5, 0.6) is 0 Å². The van der Waals surface area contributed by atoms with Gasteiger partial charge in [-0.25, -0.2) is 9.69 Å². The number of hydrogen-bond donors (Lipinski definition) is 0. The Morgan fingerprint density at radius 1 is 1.07 bits per heavy atom. The van der Waals surface area contributed by atoms with Gasteiger partial charge in [0.15, 0.2) is 11.6 Å². The molecule has 1 aromatic carbocycles. The van der Waals surface area contributed by atoms with Gasteiger partial charge < -0.3 is 0 Å². The van der Waals surface area contributed by atoms with Crippen LogP contribution >= 0.6 is 11.8 Å². The van der Waals surface area contributed by atoms with Gasteiger partial charge >= 0.3 is 0 Å². The molecule has 0 radical (unpaired) electrons. The van der Waals surface area contributed by atoms with Gasteiger partial charge in [-0.1, -0.05) is 50.5 Å². The molecule has 1 fully saturated rings. The van der Waals surface area contributed by atoms with Crippen molar-refractivity contribution in [2.24, 2.45) is 0 Å². The van der Waals surface area contributed by atoms with Gasteiger partial charge in [0.05, 0.1) is 10.6 Å². The molecule has 2 heterocycles. The number of benzene rings is 1. The first-order chi connectivity index (χ1) is 14.0. The standard InChI is InChI=1S/C22H26N4O2S/c1-4-16-10-12-17(13-11-16)19-20(14(2)27)29-22-24-23-21(18-8-6-5-7-9-18)26(22)25(19)15(3)28/h10-13,18H,4-9H2,1-3H3. The minimum Gasteiger partial charge on any atom is -0.294 e. The molecule has 152 valence electrons. The van der Waals surface area contributed by atoms with Crippen molar-refractivity contribution in [1.82, 2.24) is 14.9 Å². The molecule has 29 heavy (non-hydrogen) atoms. The third kappa shape index (κ3) is 3.64. The highest BCUT2D eigenvalue weighted by Gasteiger charge is 2.36. The van der Waals surface area contributed by atoms with E-state index in [0.29, 0.717) is 15.8 Å². The fourth-order valence-corrected chi connectivity index (χ4v) is 5.14. The van der Waals surface area contributed by atoms with E-state index < -0.39 is 0 Å². The smallest absolute Gasteiger partial charge is 0.243 e. The van der Waals surface area contributed by atoms with Gasteiger partial charge in [0.25, 0.3) is 0 Å². The minimum atomic E-state index is -0.156. The molecule has 0 unspecified atom stereocenters. The lowest BCUT2D eigenvalue weighted by atomic mass is 9.89. The topological polar surface area (TPSA) is 68.1 Å². The Kier molecular flexibility index (Phi) is 5.58. The summed E-state index contributed by atoms with van der Waals surface area (Å²) in [5.41, 5.74) is 2.69. The maximum Gasteiger partial charge on any atom is 0.243 e. The Labute approximate surface area is 175 Å². The summed E-state index contributed by atoms with van der Waals surface area (Å²) in [4.78, 5) is 25.9. The first-order valence-electron chi connectivity index (χ1n) is 10.3. The number of Topliss-reactive ketones (excluding diaryl/α,β-unsaturated/α-hetero) is 1. The van der Waals surface area contributed by atoms with Crippen LogP contribution in [0.1, 0.15) is 75.7 Å². The summed E-state index contributed by atoms with van der Waals surface area (Å²) in [6.07, 6.45) is 6.62. The Morgan fingerprint density at radius 3 is 2.34 bits per heavy atom. The highest BCUT2D eigenvalue weighted by Crippen LogP contribution is 2.42. The molecule has 1 saturated carbocycles. The molecule has 1 aliphatic carbocycles. The van der Waals surface area contributed by atoms with Crippen LogP contribution in [0.4, 0.5) is 0 Å². The fraction of sp³-hybridized carbons (Fsp3) is 0.455. The number of hydrogen-bond acceptors (Lipinski definition) is 5. The number of aryl methyl sites for hydroxylation is 1. The number of thioether (sulfide) groups is 1. The molecule has 1 aliphatic heterocycles. The number of aromatic nitrogens is 3. The van der Waals surface area contributed by atoms with E-state index in [-0.39, 0.29) is 17.6 Å². The number of nitrogens with zero attached hydrogens (tertiary/aromatic N) is 4. The molecule has 6 nitrogen and oxygen atoms in total. The highest BCUT2D eigenvalue weighted by atomic mass is 32.2. The second kappa shape index (κ2) is 8.14. The molecular weight excluding hydrogens is 384 g/mol. The minimum absolute atomic E-state index is 0.0794. The number of allylic oxidation sites excluding steroid dienone is 1. The quantitative estimate of drug-likeness (QED) is 0.746. The van der Waals surface area contributed by atoms with E-state index in [1.807, 2.05) is 28.9 Å². The average molecular weight is 411 g/mol. The molecule has 0 saturated heterocycles. The second-order valence-corrected chi connectivity index (χ2v) is 8.68. The normalized spacial score (nSPS) is 17.4. The van der Waals surface area contributed by atoms with Crippen molar-refractivity contribution < 1.29 is 9.59 Å². The molecule has 4 rings (SSSR count). The lowest BCUT2D eigenvalue weighted by molar-refractivity contribution is -0.117. The Bertz CT molecular complexity index is 971. The highest BCUT2D eigenvalue weighted by molar-refractivity contribution is 8.04.